The molecule has 1 saturated carbocycles. The van der Waals surface area contributed by atoms with Gasteiger partial charge in [-0.25, -0.2) is 0 Å². The molecular weight excluding hydrogens is 266 g/mol. The highest BCUT2D eigenvalue weighted by molar-refractivity contribution is 5.79. The van der Waals surface area contributed by atoms with Gasteiger partial charge in [0.15, 0.2) is 0 Å². The van der Waals surface area contributed by atoms with Gasteiger partial charge in [0.2, 0.25) is 5.91 Å². The fourth-order valence-corrected chi connectivity index (χ4v) is 4.02. The number of aliphatic carboxylic acids is 1. The van der Waals surface area contributed by atoms with E-state index < -0.39 is 5.97 Å². The number of nitrogens with zero attached hydrogens (tertiary/aromatic N) is 1. The largest absolute Gasteiger partial charge is 0.481 e. The van der Waals surface area contributed by atoms with Gasteiger partial charge in [-0.1, -0.05) is 20.3 Å². The molecule has 21 heavy (non-hydrogen) atoms. The average Bonchev–Trinajstić information content (AvgIpc) is 2.43. The van der Waals surface area contributed by atoms with Crippen LogP contribution in [-0.4, -0.2) is 34.5 Å². The van der Waals surface area contributed by atoms with Crippen LogP contribution in [0.15, 0.2) is 0 Å². The quantitative estimate of drug-likeness (QED) is 0.864. The van der Waals surface area contributed by atoms with Crippen molar-refractivity contribution in [2.45, 2.75) is 77.7 Å². The average molecular weight is 295 g/mol. The normalized spacial score (nSPS) is 29.1. The third-order valence-electron chi connectivity index (χ3n) is 5.16. The highest BCUT2D eigenvalue weighted by atomic mass is 16.4. The highest BCUT2D eigenvalue weighted by Crippen LogP contribution is 2.40. The number of likely N-dealkylation sites (tertiary alicyclic amines) is 1. The lowest BCUT2D eigenvalue weighted by Gasteiger charge is -2.41. The Labute approximate surface area is 127 Å². The first kappa shape index (κ1) is 16.3. The molecule has 4 nitrogen and oxygen atoms in total. The first-order valence-electron chi connectivity index (χ1n) is 8.41. The molecule has 1 aliphatic carbocycles. The number of hydrogen-bond acceptors (Lipinski definition) is 2. The first-order valence-corrected chi connectivity index (χ1v) is 8.41. The summed E-state index contributed by atoms with van der Waals surface area (Å²) in [5.74, 6) is -0.316. The zero-order valence-electron chi connectivity index (χ0n) is 13.4. The van der Waals surface area contributed by atoms with Crippen molar-refractivity contribution in [3.8, 4) is 0 Å². The van der Waals surface area contributed by atoms with E-state index in [1.54, 1.807) is 0 Å². The lowest BCUT2D eigenvalue weighted by atomic mass is 9.71. The Balaban J connectivity index is 1.99. The van der Waals surface area contributed by atoms with Gasteiger partial charge in [0.25, 0.3) is 0 Å². The third-order valence-corrected chi connectivity index (χ3v) is 5.16. The molecule has 2 rings (SSSR count). The van der Waals surface area contributed by atoms with Crippen LogP contribution in [0, 0.1) is 11.3 Å². The third kappa shape index (κ3) is 4.45. The van der Waals surface area contributed by atoms with Crippen LogP contribution in [0.2, 0.25) is 0 Å². The number of rotatable bonds is 4. The number of carbonyl (C=O) groups is 2. The molecule has 0 radical (unpaired) electrons. The summed E-state index contributed by atoms with van der Waals surface area (Å²) in [5.41, 5.74) is 0.269. The Morgan fingerprint density at radius 3 is 2.62 bits per heavy atom. The molecule has 0 aromatic rings. The van der Waals surface area contributed by atoms with E-state index in [2.05, 4.69) is 13.8 Å². The van der Waals surface area contributed by atoms with Gasteiger partial charge in [0, 0.05) is 24.9 Å². The zero-order chi connectivity index (χ0) is 15.5. The van der Waals surface area contributed by atoms with Crippen LogP contribution in [-0.2, 0) is 9.59 Å². The summed E-state index contributed by atoms with van der Waals surface area (Å²) < 4.78 is 0. The number of amides is 1. The molecule has 4 heteroatoms. The van der Waals surface area contributed by atoms with Crippen LogP contribution in [0.5, 0.6) is 0 Å². The number of piperidine rings is 1. The van der Waals surface area contributed by atoms with Crippen molar-refractivity contribution >= 4 is 11.9 Å². The summed E-state index contributed by atoms with van der Waals surface area (Å²) in [6.07, 6.45) is 8.25. The van der Waals surface area contributed by atoms with Crippen molar-refractivity contribution < 1.29 is 14.7 Å². The van der Waals surface area contributed by atoms with Crippen LogP contribution in [0.1, 0.15) is 71.6 Å². The lowest BCUT2D eigenvalue weighted by Crippen LogP contribution is -2.48. The Morgan fingerprint density at radius 2 is 1.95 bits per heavy atom. The standard InChI is InChI=1S/C17H29NO3/c1-17(2)10-5-6-13(12-17)16(21)18-11-4-3-7-14(18)8-9-15(19)20/h13-14H,3-12H2,1-2H3,(H,19,20). The summed E-state index contributed by atoms with van der Waals surface area (Å²) in [4.78, 5) is 25.7. The number of hydrogen-bond donors (Lipinski definition) is 1. The van der Waals surface area contributed by atoms with Crippen LogP contribution in [0.4, 0.5) is 0 Å². The fourth-order valence-electron chi connectivity index (χ4n) is 4.02. The molecular formula is C17H29NO3. The van der Waals surface area contributed by atoms with E-state index in [1.807, 2.05) is 4.90 Å². The molecule has 120 valence electrons. The molecule has 2 fully saturated rings. The van der Waals surface area contributed by atoms with E-state index >= 15 is 0 Å². The van der Waals surface area contributed by atoms with Gasteiger partial charge >= 0.3 is 5.97 Å². The minimum absolute atomic E-state index is 0.146. The van der Waals surface area contributed by atoms with Gasteiger partial charge in [0.05, 0.1) is 0 Å². The summed E-state index contributed by atoms with van der Waals surface area (Å²) in [5, 5.41) is 8.88. The van der Waals surface area contributed by atoms with E-state index in [0.29, 0.717) is 6.42 Å². The smallest absolute Gasteiger partial charge is 0.303 e. The molecule has 1 N–H and O–H groups in total. The summed E-state index contributed by atoms with van der Waals surface area (Å²) >= 11 is 0. The van der Waals surface area contributed by atoms with Crippen molar-refractivity contribution in [2.24, 2.45) is 11.3 Å². The van der Waals surface area contributed by atoms with Crippen molar-refractivity contribution in [1.82, 2.24) is 4.90 Å². The topological polar surface area (TPSA) is 57.6 Å². The summed E-state index contributed by atoms with van der Waals surface area (Å²) in [6, 6.07) is 0.146. The predicted molar refractivity (Wildman–Crippen MR) is 82.0 cm³/mol. The Bertz CT molecular complexity index is 391. The molecule has 2 unspecified atom stereocenters. The second-order valence-electron chi connectivity index (χ2n) is 7.57. The minimum Gasteiger partial charge on any atom is -0.481 e. The molecule has 0 spiro atoms. The van der Waals surface area contributed by atoms with E-state index in [4.69, 9.17) is 5.11 Å². The van der Waals surface area contributed by atoms with Crippen LogP contribution in [0.3, 0.4) is 0 Å². The Kier molecular flexibility index (Phi) is 5.28. The molecule has 2 atom stereocenters. The van der Waals surface area contributed by atoms with Crippen molar-refractivity contribution in [2.75, 3.05) is 6.54 Å². The monoisotopic (exact) mass is 295 g/mol. The fraction of sp³-hybridized carbons (Fsp3) is 0.882. The first-order chi connectivity index (χ1) is 9.89. The molecule has 1 aliphatic heterocycles. The molecule has 1 heterocycles. The van der Waals surface area contributed by atoms with Crippen LogP contribution in [0.25, 0.3) is 0 Å². The van der Waals surface area contributed by atoms with Gasteiger partial charge in [-0.3, -0.25) is 9.59 Å². The Morgan fingerprint density at radius 1 is 1.19 bits per heavy atom. The molecule has 1 amide bonds. The predicted octanol–water partition coefficient (Wildman–Crippen LogP) is 3.45. The molecule has 1 saturated heterocycles. The maximum Gasteiger partial charge on any atom is 0.303 e. The van der Waals surface area contributed by atoms with E-state index in [0.717, 1.165) is 45.1 Å². The highest BCUT2D eigenvalue weighted by Gasteiger charge is 2.36. The van der Waals surface area contributed by atoms with Gasteiger partial charge in [-0.15, -0.1) is 0 Å². The van der Waals surface area contributed by atoms with Crippen molar-refractivity contribution in [3.05, 3.63) is 0 Å². The SMILES string of the molecule is CC1(C)CCCC(C(=O)N2CCCCC2CCC(=O)O)C1. The van der Waals surface area contributed by atoms with Gasteiger partial charge in [-0.2, -0.15) is 0 Å². The van der Waals surface area contributed by atoms with Crippen LogP contribution >= 0.6 is 0 Å². The summed E-state index contributed by atoms with van der Waals surface area (Å²) in [7, 11) is 0. The molecule has 0 bridgehead atoms. The molecule has 2 aliphatic rings. The van der Waals surface area contributed by atoms with E-state index in [1.165, 1.54) is 6.42 Å². The minimum atomic E-state index is -0.758. The Hall–Kier alpha value is -1.06. The van der Waals surface area contributed by atoms with Crippen molar-refractivity contribution in [1.29, 1.82) is 0 Å². The number of carbonyl (C=O) groups excluding carboxylic acids is 1. The maximum atomic E-state index is 12.9. The van der Waals surface area contributed by atoms with Crippen molar-refractivity contribution in [3.63, 3.8) is 0 Å². The second kappa shape index (κ2) is 6.80. The lowest BCUT2D eigenvalue weighted by molar-refractivity contribution is -0.144. The maximum absolute atomic E-state index is 12.9. The summed E-state index contributed by atoms with van der Waals surface area (Å²) in [6.45, 7) is 5.33. The van der Waals surface area contributed by atoms with Crippen LogP contribution < -0.4 is 0 Å². The van der Waals surface area contributed by atoms with E-state index in [-0.39, 0.29) is 29.7 Å². The van der Waals surface area contributed by atoms with Gasteiger partial charge < -0.3 is 10.0 Å². The zero-order valence-corrected chi connectivity index (χ0v) is 13.4. The van der Waals surface area contributed by atoms with Gasteiger partial charge in [-0.05, 0) is 50.4 Å². The second-order valence-corrected chi connectivity index (χ2v) is 7.57. The van der Waals surface area contributed by atoms with Gasteiger partial charge in [0.1, 0.15) is 0 Å². The molecule has 0 aromatic heterocycles. The number of carboxylic acids is 1. The van der Waals surface area contributed by atoms with E-state index in [9.17, 15) is 9.59 Å². The molecule has 0 aromatic carbocycles. The number of carboxylic acid groups (broad SMARTS) is 1.